The Morgan fingerprint density at radius 1 is 1.24 bits per heavy atom. The van der Waals surface area contributed by atoms with Gasteiger partial charge in [-0.15, -0.1) is 0 Å². The molecule has 0 saturated heterocycles. The van der Waals surface area contributed by atoms with Gasteiger partial charge in [0.1, 0.15) is 0 Å². The summed E-state index contributed by atoms with van der Waals surface area (Å²) in [7, 11) is 1.78. The lowest BCUT2D eigenvalue weighted by Crippen LogP contribution is -2.32. The lowest BCUT2D eigenvalue weighted by atomic mass is 10.1. The Morgan fingerprint density at radius 3 is 2.29 bits per heavy atom. The summed E-state index contributed by atoms with van der Waals surface area (Å²) in [5, 5.41) is 0. The molecule has 0 fully saturated rings. The molecular formula is C12H18ClNO2S. The summed E-state index contributed by atoms with van der Waals surface area (Å²) in [6.07, 6.45) is 0.680. The zero-order chi connectivity index (χ0) is 12.9. The molecule has 5 heteroatoms. The fraction of sp³-hybridized carbons (Fsp3) is 0.500. The summed E-state index contributed by atoms with van der Waals surface area (Å²) in [6.45, 7) is 4.82. The summed E-state index contributed by atoms with van der Waals surface area (Å²) in [6, 6.07) is 9.78. The van der Waals surface area contributed by atoms with Crippen LogP contribution in [0.1, 0.15) is 19.4 Å². The molecule has 0 N–H and O–H groups in total. The van der Waals surface area contributed by atoms with Gasteiger partial charge in [-0.2, -0.15) is 12.7 Å². The van der Waals surface area contributed by atoms with Crippen molar-refractivity contribution in [3.63, 3.8) is 0 Å². The predicted octanol–water partition coefficient (Wildman–Crippen LogP) is 2.67. The first-order valence-electron chi connectivity index (χ1n) is 5.63. The molecule has 0 amide bonds. The lowest BCUT2D eigenvalue weighted by Gasteiger charge is -2.20. The Morgan fingerprint density at radius 2 is 1.82 bits per heavy atom. The molecule has 96 valence electrons. The van der Waals surface area contributed by atoms with Crippen LogP contribution in [0.15, 0.2) is 30.3 Å². The standard InChI is InChI=1S/C12H18ClNO2S/c1-11(2)10-14(17(13,15)16)9-8-12-6-4-3-5-7-12/h3-7,11H,8-10H2,1-2H3. The van der Waals surface area contributed by atoms with Crippen LogP contribution in [0.5, 0.6) is 0 Å². The molecule has 1 aromatic carbocycles. The molecule has 3 nitrogen and oxygen atoms in total. The minimum atomic E-state index is -3.62. The average molecular weight is 276 g/mol. The minimum Gasteiger partial charge on any atom is -0.195 e. The van der Waals surface area contributed by atoms with Gasteiger partial charge in [0, 0.05) is 23.8 Å². The third kappa shape index (κ3) is 5.52. The maximum Gasteiger partial charge on any atom is 0.299 e. The van der Waals surface area contributed by atoms with Crippen molar-refractivity contribution in [3.05, 3.63) is 35.9 Å². The van der Waals surface area contributed by atoms with Crippen molar-refractivity contribution in [2.75, 3.05) is 13.1 Å². The number of hydrogen-bond donors (Lipinski definition) is 0. The molecule has 0 atom stereocenters. The van der Waals surface area contributed by atoms with Crippen molar-refractivity contribution in [1.29, 1.82) is 0 Å². The van der Waals surface area contributed by atoms with Crippen molar-refractivity contribution in [2.45, 2.75) is 20.3 Å². The monoisotopic (exact) mass is 275 g/mol. The van der Waals surface area contributed by atoms with Crippen molar-refractivity contribution >= 4 is 19.9 Å². The second-order valence-electron chi connectivity index (χ2n) is 4.43. The van der Waals surface area contributed by atoms with E-state index in [4.69, 9.17) is 10.7 Å². The molecular weight excluding hydrogens is 258 g/mol. The molecule has 0 spiro atoms. The summed E-state index contributed by atoms with van der Waals surface area (Å²) >= 11 is 0. The van der Waals surface area contributed by atoms with Gasteiger partial charge in [-0.3, -0.25) is 0 Å². The van der Waals surface area contributed by atoms with Gasteiger partial charge in [0.15, 0.2) is 0 Å². The van der Waals surface area contributed by atoms with Gasteiger partial charge < -0.3 is 0 Å². The molecule has 0 unspecified atom stereocenters. The Labute approximate surface area is 108 Å². The highest BCUT2D eigenvalue weighted by Crippen LogP contribution is 2.11. The van der Waals surface area contributed by atoms with E-state index in [0.717, 1.165) is 5.56 Å². The molecule has 0 radical (unpaired) electrons. The van der Waals surface area contributed by atoms with E-state index in [1.807, 2.05) is 44.2 Å². The molecule has 0 aromatic heterocycles. The van der Waals surface area contributed by atoms with Gasteiger partial charge in [0.2, 0.25) is 0 Å². The minimum absolute atomic E-state index is 0.263. The van der Waals surface area contributed by atoms with Crippen LogP contribution in [0, 0.1) is 5.92 Å². The zero-order valence-electron chi connectivity index (χ0n) is 10.1. The second-order valence-corrected chi connectivity index (χ2v) is 6.94. The van der Waals surface area contributed by atoms with Gasteiger partial charge in [0.25, 0.3) is 9.24 Å². The molecule has 0 aliphatic carbocycles. The maximum absolute atomic E-state index is 11.4. The normalized spacial score (nSPS) is 12.3. The Hall–Kier alpha value is -0.580. The van der Waals surface area contributed by atoms with E-state index in [0.29, 0.717) is 19.5 Å². The third-order valence-electron chi connectivity index (χ3n) is 2.37. The second kappa shape index (κ2) is 6.38. The molecule has 1 rings (SSSR count). The van der Waals surface area contributed by atoms with E-state index in [1.54, 1.807) is 0 Å². The van der Waals surface area contributed by atoms with Crippen LogP contribution in [-0.4, -0.2) is 25.8 Å². The molecule has 0 heterocycles. The van der Waals surface area contributed by atoms with Crippen LogP contribution in [0.25, 0.3) is 0 Å². The summed E-state index contributed by atoms with van der Waals surface area (Å²) in [4.78, 5) is 0. The number of halogens is 1. The van der Waals surface area contributed by atoms with Crippen LogP contribution >= 0.6 is 10.7 Å². The van der Waals surface area contributed by atoms with Gasteiger partial charge in [-0.05, 0) is 17.9 Å². The topological polar surface area (TPSA) is 37.4 Å². The highest BCUT2D eigenvalue weighted by Gasteiger charge is 2.19. The van der Waals surface area contributed by atoms with Crippen LogP contribution in [0.2, 0.25) is 0 Å². The Balaban J connectivity index is 2.62. The van der Waals surface area contributed by atoms with Crippen LogP contribution in [-0.2, 0) is 15.7 Å². The number of rotatable bonds is 6. The van der Waals surface area contributed by atoms with Crippen molar-refractivity contribution in [3.8, 4) is 0 Å². The first kappa shape index (κ1) is 14.5. The first-order valence-corrected chi connectivity index (χ1v) is 7.90. The molecule has 17 heavy (non-hydrogen) atoms. The SMILES string of the molecule is CC(C)CN(CCc1ccccc1)S(=O)(=O)Cl. The fourth-order valence-corrected chi connectivity index (χ4v) is 2.76. The summed E-state index contributed by atoms with van der Waals surface area (Å²) < 4.78 is 24.1. The van der Waals surface area contributed by atoms with Gasteiger partial charge >= 0.3 is 0 Å². The smallest absolute Gasteiger partial charge is 0.195 e. The van der Waals surface area contributed by atoms with Crippen LogP contribution in [0.4, 0.5) is 0 Å². The van der Waals surface area contributed by atoms with Gasteiger partial charge in [-0.1, -0.05) is 44.2 Å². The average Bonchev–Trinajstić information content (AvgIpc) is 2.23. The maximum atomic E-state index is 11.4. The van der Waals surface area contributed by atoms with E-state index >= 15 is 0 Å². The predicted molar refractivity (Wildman–Crippen MR) is 71.3 cm³/mol. The Bertz CT molecular complexity index is 431. The van der Waals surface area contributed by atoms with Crippen molar-refractivity contribution < 1.29 is 8.42 Å². The molecule has 0 bridgehead atoms. The summed E-state index contributed by atoms with van der Waals surface area (Å²) in [5.41, 5.74) is 1.11. The van der Waals surface area contributed by atoms with E-state index in [2.05, 4.69) is 0 Å². The van der Waals surface area contributed by atoms with Crippen LogP contribution < -0.4 is 0 Å². The van der Waals surface area contributed by atoms with Crippen molar-refractivity contribution in [1.82, 2.24) is 4.31 Å². The zero-order valence-corrected chi connectivity index (χ0v) is 11.7. The fourth-order valence-electron chi connectivity index (χ4n) is 1.60. The lowest BCUT2D eigenvalue weighted by molar-refractivity contribution is 0.377. The van der Waals surface area contributed by atoms with Gasteiger partial charge in [0.05, 0.1) is 0 Å². The van der Waals surface area contributed by atoms with Crippen molar-refractivity contribution in [2.24, 2.45) is 5.92 Å². The van der Waals surface area contributed by atoms with E-state index < -0.39 is 9.24 Å². The van der Waals surface area contributed by atoms with Crippen LogP contribution in [0.3, 0.4) is 0 Å². The van der Waals surface area contributed by atoms with E-state index in [9.17, 15) is 8.42 Å². The highest BCUT2D eigenvalue weighted by atomic mass is 35.7. The third-order valence-corrected chi connectivity index (χ3v) is 3.90. The molecule has 0 saturated carbocycles. The number of hydrogen-bond acceptors (Lipinski definition) is 2. The van der Waals surface area contributed by atoms with E-state index in [-0.39, 0.29) is 5.92 Å². The Kier molecular flexibility index (Phi) is 5.43. The molecule has 1 aromatic rings. The molecule has 0 aliphatic heterocycles. The quantitative estimate of drug-likeness (QED) is 0.749. The number of benzene rings is 1. The first-order chi connectivity index (χ1) is 7.89. The highest BCUT2D eigenvalue weighted by molar-refractivity contribution is 8.11. The largest absolute Gasteiger partial charge is 0.299 e. The van der Waals surface area contributed by atoms with Gasteiger partial charge in [-0.25, -0.2) is 0 Å². The van der Waals surface area contributed by atoms with E-state index in [1.165, 1.54) is 4.31 Å². The number of nitrogens with zero attached hydrogens (tertiary/aromatic N) is 1. The summed E-state index contributed by atoms with van der Waals surface area (Å²) in [5.74, 6) is 0.263. The molecule has 0 aliphatic rings.